The van der Waals surface area contributed by atoms with E-state index in [1.807, 2.05) is 12.1 Å². The third-order valence-corrected chi connectivity index (χ3v) is 28.4. The Morgan fingerprint density at radius 1 is 0.403 bits per heavy atom. The van der Waals surface area contributed by atoms with E-state index in [1.54, 1.807) is 207 Å². The zero-order chi connectivity index (χ0) is 108. The highest BCUT2D eigenvalue weighted by Gasteiger charge is 2.49. The lowest BCUT2D eigenvalue weighted by Crippen LogP contribution is -2.39. The summed E-state index contributed by atoms with van der Waals surface area (Å²) in [6, 6.07) is 38.0. The fourth-order valence-corrected chi connectivity index (χ4v) is 20.8. The highest BCUT2D eigenvalue weighted by molar-refractivity contribution is 6.76. The van der Waals surface area contributed by atoms with E-state index in [0.29, 0.717) is 139 Å². The monoisotopic (exact) mass is 2100 g/mol. The van der Waals surface area contributed by atoms with Crippen molar-refractivity contribution in [3.63, 3.8) is 0 Å². The minimum Gasteiger partial charge on any atom is -0.444 e. The van der Waals surface area contributed by atoms with Gasteiger partial charge in [-0.15, -0.1) is 0 Å². The zero-order valence-corrected chi connectivity index (χ0v) is 87.6. The van der Waals surface area contributed by atoms with Crippen LogP contribution in [0.5, 0.6) is 0 Å². The number of nitrogens with one attached hydrogen (secondary N) is 4. The second-order valence-corrected chi connectivity index (χ2v) is 48.9. The molecule has 5 aliphatic carbocycles. The number of nitrogens with two attached hydrogens (primary N) is 1. The molecule has 1 fully saturated rings. The number of likely N-dealkylation sites (tertiary alicyclic amines) is 1. The standard InChI is InChI=1S/C30H28F2N2O4.C21H25F2N3O2.2C21H24F2N2O3.C18H27ClN4O3Si/c1-30(2,3)38-29(37)34-26-17(16-10-6-12-22(31)24(16)32)13-14-20(25-21(26)11-7-15-33-25)23-27(35)18-8-4-5-9-19(18)28(23)36;1-21(2,3)28-20(27)26-18-13(12-6-4-8-15(22)17(12)23)9-10-16(24)19-14(18)7-5-11-25-19;2*1-21(2,3)28-20(27)25-18-13(12-6-4-8-15(22)17(12)23)9-10-16(26)19-14(18)7-5-11-24-19;1-27(2,3)12-11-26-13-22-16-15(5-4-8-20-16)23(18(22)25)14-6-9-21(10-7-14)17(19)24/h4-12,15,17,20,23,26H,13-14H2,1-3H3,(H,34,37);4-8,11,13,16,18H,9-10,24H2,1-3H3,(H,26,27);2*4-8,11,13,16,18,26H,9-10H2,1-3H3,(H,25,27);4-5,8,14H,6-7,9-13H2,1-3H3/t17-,20-,26-;2*13-,16+,18-;13-,16-,18-;/m0000./s1. The highest BCUT2D eigenvalue weighted by Crippen LogP contribution is 2.52. The molecule has 28 nitrogen and oxygen atoms in total. The Hall–Kier alpha value is -13.2. The molecule has 12 atom stereocenters. The molecule has 17 rings (SSSR count). The van der Waals surface area contributed by atoms with Crippen molar-refractivity contribution in [3.8, 4) is 0 Å². The fraction of sp³-hybridized carbons (Fsp3) is 0.432. The molecule has 1 saturated heterocycles. The minimum absolute atomic E-state index is 0.0275. The Morgan fingerprint density at radius 3 is 1.08 bits per heavy atom. The van der Waals surface area contributed by atoms with Crippen LogP contribution in [0.25, 0.3) is 11.2 Å². The minimum atomic E-state index is -1.18. The van der Waals surface area contributed by atoms with Crippen molar-refractivity contribution < 1.29 is 103 Å². The van der Waals surface area contributed by atoms with Crippen LogP contribution >= 0.6 is 11.6 Å². The third kappa shape index (κ3) is 28.1. The average molecular weight is 2100 g/mol. The number of carbonyl (C=O) groups is 7. The number of pyridine rings is 5. The number of amides is 5. The molecule has 5 amide bonds. The van der Waals surface area contributed by atoms with Crippen molar-refractivity contribution >= 4 is 72.1 Å². The van der Waals surface area contributed by atoms with Gasteiger partial charge in [-0.25, -0.2) is 64.1 Å². The van der Waals surface area contributed by atoms with E-state index in [1.165, 1.54) is 42.5 Å². The largest absolute Gasteiger partial charge is 0.444 e. The number of alkyl carbamates (subject to hydrolysis) is 4. The molecule has 8 N–H and O–H groups in total. The van der Waals surface area contributed by atoms with Gasteiger partial charge in [-0.3, -0.25) is 43.5 Å². The number of hydrogen-bond donors (Lipinski definition) is 7. The molecule has 6 aromatic heterocycles. The molecule has 794 valence electrons. The molecular weight excluding hydrogens is 1970 g/mol. The topological polar surface area (TPSA) is 375 Å². The number of Topliss-reactive ketones (excluding diaryl/α,β-unsaturated/α-hetero) is 2. The number of hydrogen-bond acceptors (Lipinski definition) is 21. The summed E-state index contributed by atoms with van der Waals surface area (Å²) >= 11 is 5.57. The summed E-state index contributed by atoms with van der Waals surface area (Å²) in [5, 5.41) is 31.8. The van der Waals surface area contributed by atoms with Crippen molar-refractivity contribution in [3.05, 3.63) is 324 Å². The van der Waals surface area contributed by atoms with Gasteiger partial charge in [0.2, 0.25) is 0 Å². The number of rotatable bonds is 15. The Bertz CT molecular complexity index is 6350. The highest BCUT2D eigenvalue weighted by atomic mass is 35.5. The molecule has 0 saturated carbocycles. The molecule has 38 heteroatoms. The zero-order valence-electron chi connectivity index (χ0n) is 85.8. The molecule has 11 aromatic rings. The predicted molar refractivity (Wildman–Crippen MR) is 546 cm³/mol. The first kappa shape index (κ1) is 113. The van der Waals surface area contributed by atoms with Crippen LogP contribution in [0.1, 0.15) is 313 Å². The summed E-state index contributed by atoms with van der Waals surface area (Å²) in [4.78, 5) is 125. The van der Waals surface area contributed by atoms with Crippen molar-refractivity contribution in [1.82, 2.24) is 60.2 Å². The Labute approximate surface area is 865 Å². The van der Waals surface area contributed by atoms with E-state index in [2.05, 4.69) is 65.8 Å². The smallest absolute Gasteiger partial charge is 0.408 e. The van der Waals surface area contributed by atoms with Crippen LogP contribution in [0, 0.1) is 52.5 Å². The number of aliphatic hydroxyl groups excluding tert-OH is 2. The van der Waals surface area contributed by atoms with E-state index in [-0.39, 0.29) is 64.7 Å². The van der Waals surface area contributed by atoms with Crippen LogP contribution < -0.4 is 32.7 Å². The van der Waals surface area contributed by atoms with E-state index in [0.717, 1.165) is 35.8 Å². The Kier molecular flexibility index (Phi) is 36.5. The number of carbonyl (C=O) groups excluding carboxylic acids is 7. The van der Waals surface area contributed by atoms with E-state index in [4.69, 9.17) is 41.0 Å². The van der Waals surface area contributed by atoms with Gasteiger partial charge >= 0.3 is 35.4 Å². The number of piperidine rings is 1. The quantitative estimate of drug-likeness (QED) is 0.00732. The second kappa shape index (κ2) is 48.2. The molecule has 5 aromatic carbocycles. The van der Waals surface area contributed by atoms with Gasteiger partial charge in [0.15, 0.2) is 63.8 Å². The third-order valence-electron chi connectivity index (χ3n) is 26.5. The maximum absolute atomic E-state index is 15.1. The maximum atomic E-state index is 15.1. The Morgan fingerprint density at radius 2 is 0.718 bits per heavy atom. The molecule has 0 radical (unpaired) electrons. The van der Waals surface area contributed by atoms with Gasteiger partial charge in [-0.05, 0) is 270 Å². The van der Waals surface area contributed by atoms with Crippen LogP contribution in [0.4, 0.5) is 59.1 Å². The summed E-state index contributed by atoms with van der Waals surface area (Å²) in [7, 11) is -1.18. The van der Waals surface area contributed by atoms with Gasteiger partial charge in [-0.2, -0.15) is 0 Å². The Balaban J connectivity index is 0.000000156. The number of aliphatic hydroxyl groups is 2. The lowest BCUT2D eigenvalue weighted by molar-refractivity contribution is 0.0482. The van der Waals surface area contributed by atoms with Crippen molar-refractivity contribution in [2.75, 3.05) is 19.7 Å². The number of imidazole rings is 1. The lowest BCUT2D eigenvalue weighted by atomic mass is 9.81. The summed E-state index contributed by atoms with van der Waals surface area (Å²) in [5.74, 6) is -12.2. The van der Waals surface area contributed by atoms with E-state index < -0.39 is 179 Å². The maximum Gasteiger partial charge on any atom is 0.408 e. The molecule has 7 heterocycles. The summed E-state index contributed by atoms with van der Waals surface area (Å²) in [5.41, 5.74) is 10.3. The first-order valence-corrected chi connectivity index (χ1v) is 53.8. The number of halogens is 9. The van der Waals surface area contributed by atoms with Crippen molar-refractivity contribution in [2.45, 2.75) is 280 Å². The van der Waals surface area contributed by atoms with Gasteiger partial charge in [0.1, 0.15) is 29.1 Å². The van der Waals surface area contributed by atoms with Crippen LogP contribution in [0.3, 0.4) is 0 Å². The number of fused-ring (bicyclic) bond motifs is 6. The van der Waals surface area contributed by atoms with Crippen molar-refractivity contribution in [2.24, 2.45) is 11.7 Å². The van der Waals surface area contributed by atoms with E-state index >= 15 is 4.39 Å². The van der Waals surface area contributed by atoms with Crippen LogP contribution in [0.2, 0.25) is 25.7 Å². The molecule has 6 aliphatic rings. The number of aromatic nitrogens is 7. The van der Waals surface area contributed by atoms with Gasteiger partial charge in [0.05, 0.1) is 64.9 Å². The first-order chi connectivity index (χ1) is 70.4. The van der Waals surface area contributed by atoms with Crippen LogP contribution in [-0.4, -0.2) is 141 Å². The first-order valence-electron chi connectivity index (χ1n) is 49.8. The second-order valence-electron chi connectivity index (χ2n) is 43.0. The molecule has 1 aliphatic heterocycles. The van der Waals surface area contributed by atoms with Crippen LogP contribution in [-0.2, 0) is 30.4 Å². The normalized spacial score (nSPS) is 20.9. The number of benzene rings is 5. The fourth-order valence-electron chi connectivity index (χ4n) is 19.9. The van der Waals surface area contributed by atoms with Gasteiger partial charge in [0, 0.05) is 117 Å². The van der Waals surface area contributed by atoms with Crippen molar-refractivity contribution in [1.29, 1.82) is 0 Å². The molecular formula is C111H128ClF8N13O15Si. The SMILES string of the molecule is CC(C)(C)OC(=O)N[C@@H]1c2cccnc2[C@@H](O)CC[C@H]1c1cccc(F)c1F.CC(C)(C)OC(=O)N[C@@H]1c2cccnc2[C@H](C2C(=O)c3ccccc3C2=O)CC[C@H]1c1cccc(F)c1F.CC(C)(C)OC(=O)N[C@@H]1c2cccnc2[C@H](N)CC[C@H]1c1cccc(F)c1F.CC(C)(C)OC(=O)N[C@@H]1c2cccnc2[C@H](O)CC[C@H]1c1cccc(F)c1F.C[Si](C)(C)CCOCn1c(=O)n(C2CCN(C(=O)Cl)CC2)c2cccnc21. The van der Waals surface area contributed by atoms with E-state index in [9.17, 15) is 79.3 Å². The lowest BCUT2D eigenvalue weighted by Gasteiger charge is -2.30. The van der Waals surface area contributed by atoms with Gasteiger partial charge in [-0.1, -0.05) is 117 Å². The number of ether oxygens (including phenoxy) is 5. The molecule has 149 heavy (non-hydrogen) atoms. The summed E-state index contributed by atoms with van der Waals surface area (Å²) in [6.45, 7) is 29.8. The molecule has 0 spiro atoms. The molecule has 0 unspecified atom stereocenters. The summed E-state index contributed by atoms with van der Waals surface area (Å²) in [6.07, 6.45) is 7.77. The number of nitrogens with zero attached hydrogens (tertiary/aromatic N) is 8. The average Bonchev–Trinajstić information content (AvgIpc) is 1.59. The van der Waals surface area contributed by atoms with Gasteiger partial charge in [0.25, 0.3) is 0 Å². The van der Waals surface area contributed by atoms with Crippen LogP contribution in [0.15, 0.2) is 194 Å². The van der Waals surface area contributed by atoms with Gasteiger partial charge < -0.3 is 65.8 Å². The summed E-state index contributed by atoms with van der Waals surface area (Å²) < 4.78 is 146. The predicted octanol–water partition coefficient (Wildman–Crippen LogP) is 23.4. The molecule has 0 bridgehead atoms. The number of ketones is 2.